The fraction of sp³-hybridized carbons (Fsp3) is 0.750. The number of sulfone groups is 1. The van der Waals surface area contributed by atoms with Crippen molar-refractivity contribution in [3.05, 3.63) is 5.82 Å². The number of amides is 2. The van der Waals surface area contributed by atoms with E-state index in [-0.39, 0.29) is 17.6 Å². The average molecular weight is 316 g/mol. The normalized spacial score (nSPS) is 16.0. The zero-order valence-corrected chi connectivity index (χ0v) is 12.8. The molecular formula is C12H20N4O4S. The Kier molecular flexibility index (Phi) is 5.16. The summed E-state index contributed by atoms with van der Waals surface area (Å²) < 4.78 is 26.9. The summed E-state index contributed by atoms with van der Waals surface area (Å²) >= 11 is 0. The van der Waals surface area contributed by atoms with Crippen molar-refractivity contribution in [2.75, 3.05) is 18.1 Å². The first-order valence-corrected chi connectivity index (χ1v) is 9.03. The molecule has 1 fully saturated rings. The van der Waals surface area contributed by atoms with Crippen molar-refractivity contribution in [3.63, 3.8) is 0 Å². The summed E-state index contributed by atoms with van der Waals surface area (Å²) in [5, 5.41) is 8.60. The Hall–Kier alpha value is -1.64. The first-order valence-electron chi connectivity index (χ1n) is 6.97. The van der Waals surface area contributed by atoms with Crippen molar-refractivity contribution in [3.8, 4) is 0 Å². The van der Waals surface area contributed by atoms with Gasteiger partial charge in [0.05, 0.1) is 0 Å². The lowest BCUT2D eigenvalue weighted by Crippen LogP contribution is -2.30. The lowest BCUT2D eigenvalue weighted by molar-refractivity contribution is 0.250. The number of nitrogens with zero attached hydrogens (tertiary/aromatic N) is 2. The Morgan fingerprint density at radius 2 is 2.10 bits per heavy atom. The molecule has 0 unspecified atom stereocenters. The second-order valence-corrected chi connectivity index (χ2v) is 7.55. The van der Waals surface area contributed by atoms with Crippen molar-refractivity contribution >= 4 is 21.9 Å². The molecule has 1 aliphatic rings. The van der Waals surface area contributed by atoms with Crippen molar-refractivity contribution < 1.29 is 17.7 Å². The van der Waals surface area contributed by atoms with E-state index < -0.39 is 15.9 Å². The smallest absolute Gasteiger partial charge is 0.329 e. The Morgan fingerprint density at radius 1 is 1.38 bits per heavy atom. The number of hydrogen-bond acceptors (Lipinski definition) is 6. The van der Waals surface area contributed by atoms with E-state index in [1.807, 2.05) is 0 Å². The van der Waals surface area contributed by atoms with Crippen LogP contribution in [0.5, 0.6) is 0 Å². The molecule has 0 aromatic carbocycles. The van der Waals surface area contributed by atoms with Crippen LogP contribution in [-0.2, 0) is 15.6 Å². The van der Waals surface area contributed by atoms with Gasteiger partial charge in [0.1, 0.15) is 5.75 Å². The third-order valence-corrected chi connectivity index (χ3v) is 4.18. The van der Waals surface area contributed by atoms with Gasteiger partial charge >= 0.3 is 12.0 Å². The largest absolute Gasteiger partial charge is 0.338 e. The monoisotopic (exact) mass is 316 g/mol. The van der Waals surface area contributed by atoms with E-state index in [1.165, 1.54) is 25.7 Å². The Balaban J connectivity index is 1.72. The van der Waals surface area contributed by atoms with E-state index in [4.69, 9.17) is 4.52 Å². The van der Waals surface area contributed by atoms with Crippen LogP contribution in [0, 0.1) is 5.92 Å². The molecule has 21 heavy (non-hydrogen) atoms. The second kappa shape index (κ2) is 6.88. The van der Waals surface area contributed by atoms with Gasteiger partial charge in [0, 0.05) is 12.8 Å². The predicted molar refractivity (Wildman–Crippen MR) is 76.4 cm³/mol. The second-order valence-electron chi connectivity index (χ2n) is 5.41. The number of rotatable bonds is 6. The minimum Gasteiger partial charge on any atom is -0.338 e. The van der Waals surface area contributed by atoms with E-state index in [9.17, 15) is 13.2 Å². The average Bonchev–Trinajstić information content (AvgIpc) is 2.99. The number of hydrogen-bond donors (Lipinski definition) is 2. The molecule has 2 N–H and O–H groups in total. The van der Waals surface area contributed by atoms with Crippen LogP contribution in [0.3, 0.4) is 0 Å². The number of nitrogens with one attached hydrogen (secondary N) is 2. The molecule has 1 aromatic rings. The molecule has 8 nitrogen and oxygen atoms in total. The van der Waals surface area contributed by atoms with Crippen molar-refractivity contribution in [2.24, 2.45) is 5.92 Å². The molecule has 0 atom stereocenters. The van der Waals surface area contributed by atoms with Crippen LogP contribution in [0.25, 0.3) is 0 Å². The van der Waals surface area contributed by atoms with Gasteiger partial charge < -0.3 is 9.84 Å². The van der Waals surface area contributed by atoms with Gasteiger partial charge in [0.2, 0.25) is 0 Å². The van der Waals surface area contributed by atoms with Gasteiger partial charge in [-0.25, -0.2) is 13.2 Å². The molecule has 2 rings (SSSR count). The summed E-state index contributed by atoms with van der Waals surface area (Å²) in [5.74, 6) is 0.412. The summed E-state index contributed by atoms with van der Waals surface area (Å²) in [4.78, 5) is 15.4. The molecule has 1 aliphatic carbocycles. The molecule has 118 valence electrons. The minimum atomic E-state index is -3.23. The first kappa shape index (κ1) is 15.7. The zero-order valence-electron chi connectivity index (χ0n) is 12.0. The maximum Gasteiger partial charge on any atom is 0.329 e. The third-order valence-electron chi connectivity index (χ3n) is 3.39. The minimum absolute atomic E-state index is 0.0266. The number of anilines is 1. The zero-order chi connectivity index (χ0) is 15.3. The van der Waals surface area contributed by atoms with Gasteiger partial charge in [0.15, 0.2) is 15.7 Å². The number of urea groups is 1. The van der Waals surface area contributed by atoms with E-state index in [0.717, 1.165) is 12.7 Å². The quantitative estimate of drug-likeness (QED) is 0.818. The van der Waals surface area contributed by atoms with Crippen molar-refractivity contribution in [2.45, 2.75) is 37.9 Å². The topological polar surface area (TPSA) is 114 Å². The molecular weight excluding hydrogens is 296 g/mol. The molecule has 0 spiro atoms. The first-order chi connectivity index (χ1) is 9.92. The summed E-state index contributed by atoms with van der Waals surface area (Å²) in [5.41, 5.74) is 0. The maximum absolute atomic E-state index is 11.6. The van der Waals surface area contributed by atoms with E-state index in [1.54, 1.807) is 0 Å². The molecule has 0 bridgehead atoms. The highest BCUT2D eigenvalue weighted by Gasteiger charge is 2.16. The molecule has 1 heterocycles. The molecule has 1 aromatic heterocycles. The van der Waals surface area contributed by atoms with E-state index in [0.29, 0.717) is 12.5 Å². The molecule has 2 amide bonds. The number of carbonyl (C=O) groups excluding carboxylic acids is 1. The number of aromatic nitrogens is 2. The van der Waals surface area contributed by atoms with Crippen LogP contribution < -0.4 is 10.6 Å². The summed E-state index contributed by atoms with van der Waals surface area (Å²) in [6.07, 6.45) is 7.08. The van der Waals surface area contributed by atoms with Crippen LogP contribution in [-0.4, -0.2) is 37.4 Å². The van der Waals surface area contributed by atoms with Crippen molar-refractivity contribution in [1.29, 1.82) is 0 Å². The van der Waals surface area contributed by atoms with Crippen LogP contribution in [0.4, 0.5) is 10.8 Å². The molecule has 9 heteroatoms. The van der Waals surface area contributed by atoms with Crippen molar-refractivity contribution in [1.82, 2.24) is 15.5 Å². The van der Waals surface area contributed by atoms with Crippen LogP contribution in [0.1, 0.15) is 37.9 Å². The standard InChI is InChI=1S/C12H20N4O4S/c1-21(18,19)8-10-14-12(20-16-10)15-11(17)13-7-6-9-4-2-3-5-9/h9H,2-8H2,1H3,(H2,13,14,15,16,17). The highest BCUT2D eigenvalue weighted by molar-refractivity contribution is 7.89. The van der Waals surface area contributed by atoms with Crippen LogP contribution in [0.2, 0.25) is 0 Å². The summed E-state index contributed by atoms with van der Waals surface area (Å²) in [6.45, 7) is 0.598. The van der Waals surface area contributed by atoms with Crippen LogP contribution >= 0.6 is 0 Å². The van der Waals surface area contributed by atoms with Gasteiger partial charge in [-0.2, -0.15) is 4.98 Å². The van der Waals surface area contributed by atoms with Crippen LogP contribution in [0.15, 0.2) is 4.52 Å². The maximum atomic E-state index is 11.6. The predicted octanol–water partition coefficient (Wildman–Crippen LogP) is 1.32. The Bertz CT molecular complexity index is 578. The Morgan fingerprint density at radius 3 is 2.76 bits per heavy atom. The molecule has 0 radical (unpaired) electrons. The van der Waals surface area contributed by atoms with Gasteiger partial charge in [-0.05, 0) is 12.3 Å². The Labute approximate surface area is 123 Å². The summed E-state index contributed by atoms with van der Waals surface area (Å²) in [7, 11) is -3.23. The lowest BCUT2D eigenvalue weighted by Gasteiger charge is -2.09. The van der Waals surface area contributed by atoms with E-state index >= 15 is 0 Å². The highest BCUT2D eigenvalue weighted by Crippen LogP contribution is 2.26. The summed E-state index contributed by atoms with van der Waals surface area (Å²) in [6, 6.07) is -0.533. The number of carbonyl (C=O) groups is 1. The van der Waals surface area contributed by atoms with Gasteiger partial charge in [-0.3, -0.25) is 5.32 Å². The molecule has 0 saturated heterocycles. The third kappa shape index (κ3) is 5.70. The highest BCUT2D eigenvalue weighted by atomic mass is 32.2. The SMILES string of the molecule is CS(=O)(=O)Cc1noc(NC(=O)NCCC2CCCC2)n1. The molecule has 1 saturated carbocycles. The van der Waals surface area contributed by atoms with E-state index in [2.05, 4.69) is 20.8 Å². The van der Waals surface area contributed by atoms with Gasteiger partial charge in [-0.1, -0.05) is 30.8 Å². The lowest BCUT2D eigenvalue weighted by atomic mass is 10.0. The fourth-order valence-corrected chi connectivity index (χ4v) is 3.01. The fourth-order valence-electron chi connectivity index (χ4n) is 2.43. The molecule has 0 aliphatic heterocycles. The van der Waals surface area contributed by atoms with Gasteiger partial charge in [-0.15, -0.1) is 0 Å². The van der Waals surface area contributed by atoms with Gasteiger partial charge in [0.25, 0.3) is 0 Å².